The molecule has 2 heterocycles. The van der Waals surface area contributed by atoms with Crippen LogP contribution in [0.2, 0.25) is 0 Å². The van der Waals surface area contributed by atoms with E-state index in [1.807, 2.05) is 0 Å². The Morgan fingerprint density at radius 2 is 2.44 bits per heavy atom. The van der Waals surface area contributed by atoms with Gasteiger partial charge >= 0.3 is 5.97 Å². The third kappa shape index (κ3) is 3.71. The number of carboxylic acid groups (broad SMARTS) is 1. The van der Waals surface area contributed by atoms with Crippen LogP contribution in [0.25, 0.3) is 0 Å². The fraction of sp³-hybridized carbons (Fsp3) is 0.545. The second-order valence-electron chi connectivity index (χ2n) is 4.07. The first kappa shape index (κ1) is 13.4. The number of thioether (sulfide) groups is 1. The molecule has 1 atom stereocenters. The molecule has 1 amide bonds. The average molecular weight is 286 g/mol. The summed E-state index contributed by atoms with van der Waals surface area (Å²) in [6, 6.07) is 0. The molecule has 0 aromatic carbocycles. The van der Waals surface area contributed by atoms with Gasteiger partial charge in [0.2, 0.25) is 5.91 Å². The Hall–Kier alpha value is -1.08. The van der Waals surface area contributed by atoms with E-state index in [-0.39, 0.29) is 17.6 Å². The molecule has 1 aliphatic rings. The second-order valence-corrected chi connectivity index (χ2v) is 6.38. The van der Waals surface area contributed by atoms with E-state index in [0.29, 0.717) is 5.69 Å². The molecule has 0 aliphatic carbocycles. The first-order chi connectivity index (χ1) is 8.65. The van der Waals surface area contributed by atoms with Gasteiger partial charge in [0.1, 0.15) is 0 Å². The minimum Gasteiger partial charge on any atom is -0.481 e. The lowest BCUT2D eigenvalue weighted by Crippen LogP contribution is -2.30. The minimum atomic E-state index is -0.885. The van der Waals surface area contributed by atoms with Crippen molar-refractivity contribution in [3.63, 3.8) is 0 Å². The van der Waals surface area contributed by atoms with E-state index < -0.39 is 5.97 Å². The average Bonchev–Trinajstić information content (AvgIpc) is 2.63. The molecule has 1 aromatic rings. The molecule has 1 saturated heterocycles. The monoisotopic (exact) mass is 286 g/mol. The number of hydrogen-bond donors (Lipinski definition) is 2. The summed E-state index contributed by atoms with van der Waals surface area (Å²) in [4.78, 5) is 26.5. The molecular weight excluding hydrogens is 272 g/mol. The maximum atomic E-state index is 11.8. The molecule has 0 radical (unpaired) electrons. The maximum absolute atomic E-state index is 11.8. The predicted octanol–water partition coefficient (Wildman–Crippen LogP) is 1.53. The van der Waals surface area contributed by atoms with E-state index in [1.54, 1.807) is 5.38 Å². The van der Waals surface area contributed by atoms with Crippen molar-refractivity contribution in [3.8, 4) is 0 Å². The number of amides is 1. The fourth-order valence-electron chi connectivity index (χ4n) is 1.72. The molecule has 98 valence electrons. The smallest absolute Gasteiger partial charge is 0.309 e. The highest BCUT2D eigenvalue weighted by atomic mass is 32.2. The predicted molar refractivity (Wildman–Crippen MR) is 70.0 cm³/mol. The molecule has 2 rings (SSSR count). The Morgan fingerprint density at radius 3 is 3.22 bits per heavy atom. The van der Waals surface area contributed by atoms with Crippen LogP contribution in [-0.4, -0.2) is 33.8 Å². The molecule has 1 aromatic heterocycles. The van der Waals surface area contributed by atoms with Crippen molar-refractivity contribution < 1.29 is 14.7 Å². The highest BCUT2D eigenvalue weighted by molar-refractivity contribution is 8.02. The van der Waals surface area contributed by atoms with Crippen molar-refractivity contribution in [2.45, 2.75) is 35.3 Å². The normalized spacial score (nSPS) is 20.2. The van der Waals surface area contributed by atoms with E-state index >= 15 is 0 Å². The zero-order valence-corrected chi connectivity index (χ0v) is 11.4. The molecule has 7 heteroatoms. The number of hydrogen-bond acceptors (Lipinski definition) is 5. The van der Waals surface area contributed by atoms with E-state index in [2.05, 4.69) is 10.3 Å². The lowest BCUT2D eigenvalue weighted by molar-refractivity contribution is -0.136. The van der Waals surface area contributed by atoms with Crippen molar-refractivity contribution in [1.29, 1.82) is 0 Å². The third-order valence-corrected chi connectivity index (χ3v) is 4.88. The lowest BCUT2D eigenvalue weighted by atomic mass is 10.2. The Kier molecular flexibility index (Phi) is 4.60. The van der Waals surface area contributed by atoms with Crippen molar-refractivity contribution in [2.24, 2.45) is 0 Å². The number of thiazole rings is 1. The van der Waals surface area contributed by atoms with Crippen LogP contribution in [0.15, 0.2) is 9.72 Å². The maximum Gasteiger partial charge on any atom is 0.309 e. The van der Waals surface area contributed by atoms with Crippen LogP contribution in [0.1, 0.15) is 25.0 Å². The zero-order valence-electron chi connectivity index (χ0n) is 9.72. The highest BCUT2D eigenvalue weighted by Gasteiger charge is 2.23. The van der Waals surface area contributed by atoms with Gasteiger partial charge in [0.25, 0.3) is 0 Å². The van der Waals surface area contributed by atoms with Crippen LogP contribution in [0.4, 0.5) is 0 Å². The van der Waals surface area contributed by atoms with Gasteiger partial charge in [-0.25, -0.2) is 4.98 Å². The highest BCUT2D eigenvalue weighted by Crippen LogP contribution is 2.30. The van der Waals surface area contributed by atoms with Gasteiger partial charge in [0.05, 0.1) is 17.4 Å². The van der Waals surface area contributed by atoms with E-state index in [1.165, 1.54) is 23.1 Å². The van der Waals surface area contributed by atoms with Crippen LogP contribution < -0.4 is 5.32 Å². The van der Waals surface area contributed by atoms with Gasteiger partial charge in [-0.2, -0.15) is 0 Å². The summed E-state index contributed by atoms with van der Waals surface area (Å²) in [6.45, 7) is 0.748. The zero-order chi connectivity index (χ0) is 13.0. The Bertz CT molecular complexity index is 447. The SMILES string of the molecule is O=C(O)Cc1csc(SC2CCCCNC2=O)n1. The molecule has 18 heavy (non-hydrogen) atoms. The third-order valence-electron chi connectivity index (χ3n) is 2.59. The van der Waals surface area contributed by atoms with Crippen LogP contribution in [-0.2, 0) is 16.0 Å². The van der Waals surface area contributed by atoms with Crippen molar-refractivity contribution in [3.05, 3.63) is 11.1 Å². The lowest BCUT2D eigenvalue weighted by Gasteiger charge is -2.09. The first-order valence-electron chi connectivity index (χ1n) is 5.75. The molecule has 5 nitrogen and oxygen atoms in total. The number of carboxylic acids is 1. The van der Waals surface area contributed by atoms with Crippen molar-refractivity contribution in [1.82, 2.24) is 10.3 Å². The molecule has 2 N–H and O–H groups in total. The molecular formula is C11H14N2O3S2. The van der Waals surface area contributed by atoms with Gasteiger partial charge in [-0.05, 0) is 12.8 Å². The molecule has 0 spiro atoms. The number of aromatic nitrogens is 1. The minimum absolute atomic E-state index is 0.0616. The van der Waals surface area contributed by atoms with Crippen molar-refractivity contribution >= 4 is 35.0 Å². The summed E-state index contributed by atoms with van der Waals surface area (Å²) in [5.74, 6) is -0.823. The van der Waals surface area contributed by atoms with E-state index in [0.717, 1.165) is 30.1 Å². The molecule has 1 fully saturated rings. The fourth-order valence-corrected chi connectivity index (χ4v) is 3.87. The van der Waals surface area contributed by atoms with E-state index in [4.69, 9.17) is 5.11 Å². The second kappa shape index (κ2) is 6.19. The summed E-state index contributed by atoms with van der Waals surface area (Å²) in [5.41, 5.74) is 0.559. The summed E-state index contributed by atoms with van der Waals surface area (Å²) in [7, 11) is 0. The number of aliphatic carboxylic acids is 1. The number of nitrogens with zero attached hydrogens (tertiary/aromatic N) is 1. The Morgan fingerprint density at radius 1 is 1.61 bits per heavy atom. The van der Waals surface area contributed by atoms with Crippen LogP contribution >= 0.6 is 23.1 Å². The Balaban J connectivity index is 1.97. The van der Waals surface area contributed by atoms with Crippen LogP contribution in [0.5, 0.6) is 0 Å². The summed E-state index contributed by atoms with van der Waals surface area (Å²) in [6.07, 6.45) is 2.84. The molecule has 1 unspecified atom stereocenters. The summed E-state index contributed by atoms with van der Waals surface area (Å²) in [5, 5.41) is 13.2. The van der Waals surface area contributed by atoms with Gasteiger partial charge in [-0.1, -0.05) is 18.2 Å². The van der Waals surface area contributed by atoms with Gasteiger partial charge in [-0.3, -0.25) is 9.59 Å². The van der Waals surface area contributed by atoms with Gasteiger partial charge in [-0.15, -0.1) is 11.3 Å². The van der Waals surface area contributed by atoms with E-state index in [9.17, 15) is 9.59 Å². The number of carbonyl (C=O) groups is 2. The largest absolute Gasteiger partial charge is 0.481 e. The Labute approximate surface area is 113 Å². The van der Waals surface area contributed by atoms with Crippen LogP contribution in [0, 0.1) is 0 Å². The number of rotatable bonds is 4. The number of nitrogens with one attached hydrogen (secondary N) is 1. The standard InChI is InChI=1S/C11H14N2O3S2/c14-9(15)5-7-6-17-11(13-7)18-8-3-1-2-4-12-10(8)16/h6,8H,1-5H2,(H,12,16)(H,14,15). The molecule has 0 bridgehead atoms. The molecule has 1 aliphatic heterocycles. The number of carbonyl (C=O) groups excluding carboxylic acids is 1. The van der Waals surface area contributed by atoms with Crippen LogP contribution in [0.3, 0.4) is 0 Å². The van der Waals surface area contributed by atoms with Gasteiger partial charge < -0.3 is 10.4 Å². The van der Waals surface area contributed by atoms with Gasteiger partial charge in [0.15, 0.2) is 4.34 Å². The van der Waals surface area contributed by atoms with Gasteiger partial charge in [0, 0.05) is 11.9 Å². The quantitative estimate of drug-likeness (QED) is 0.877. The topological polar surface area (TPSA) is 79.3 Å². The molecule has 0 saturated carbocycles. The summed E-state index contributed by atoms with van der Waals surface area (Å²) < 4.78 is 0.772. The first-order valence-corrected chi connectivity index (χ1v) is 7.51. The van der Waals surface area contributed by atoms with Crippen molar-refractivity contribution in [2.75, 3.05) is 6.54 Å². The summed E-state index contributed by atoms with van der Waals surface area (Å²) >= 11 is 2.84.